The zero-order chi connectivity index (χ0) is 16.4. The Morgan fingerprint density at radius 1 is 1.39 bits per heavy atom. The topological polar surface area (TPSA) is 73.1 Å². The summed E-state index contributed by atoms with van der Waals surface area (Å²) in [5.41, 5.74) is 2.36. The van der Waals surface area contributed by atoms with E-state index in [1.165, 1.54) is 0 Å². The highest BCUT2D eigenvalue weighted by atomic mass is 16.5. The van der Waals surface area contributed by atoms with Crippen LogP contribution in [0.25, 0.3) is 0 Å². The van der Waals surface area contributed by atoms with Crippen LogP contribution >= 0.6 is 0 Å². The molecule has 1 fully saturated rings. The Bertz CT molecular complexity index is 698. The van der Waals surface area contributed by atoms with Crippen LogP contribution in [0.5, 0.6) is 5.88 Å². The summed E-state index contributed by atoms with van der Waals surface area (Å²) < 4.78 is 7.60. The number of piperidine rings is 1. The molecule has 2 aromatic rings. The van der Waals surface area contributed by atoms with Gasteiger partial charge in [0, 0.05) is 31.5 Å². The molecule has 0 N–H and O–H groups in total. The molecule has 122 valence electrons. The highest BCUT2D eigenvalue weighted by Crippen LogP contribution is 2.20. The minimum Gasteiger partial charge on any atom is -0.471 e. The first-order chi connectivity index (χ1) is 11.1. The van der Waals surface area contributed by atoms with Crippen LogP contribution in [0.3, 0.4) is 0 Å². The zero-order valence-electron chi connectivity index (χ0n) is 13.7. The van der Waals surface area contributed by atoms with Crippen molar-refractivity contribution in [3.63, 3.8) is 0 Å². The lowest BCUT2D eigenvalue weighted by atomic mass is 10.1. The van der Waals surface area contributed by atoms with Crippen molar-refractivity contribution >= 4 is 5.91 Å². The Kier molecular flexibility index (Phi) is 4.27. The molecular weight excluding hydrogens is 294 g/mol. The molecule has 3 heterocycles. The number of nitrogens with zero attached hydrogens (tertiary/aromatic N) is 5. The van der Waals surface area contributed by atoms with E-state index in [0.29, 0.717) is 18.0 Å². The first kappa shape index (κ1) is 15.5. The molecule has 1 amide bonds. The summed E-state index contributed by atoms with van der Waals surface area (Å²) in [6, 6.07) is 3.57. The summed E-state index contributed by atoms with van der Waals surface area (Å²) in [5.74, 6) is 0.529. The number of likely N-dealkylation sites (tertiary alicyclic amines) is 1. The number of carbonyl (C=O) groups is 1. The minimum atomic E-state index is -0.0540. The number of aryl methyl sites for hydroxylation is 2. The number of aromatic nitrogens is 4. The fraction of sp³-hybridized carbons (Fsp3) is 0.500. The molecule has 0 aliphatic carbocycles. The number of amides is 1. The van der Waals surface area contributed by atoms with Gasteiger partial charge in [-0.25, -0.2) is 0 Å². The van der Waals surface area contributed by atoms with Crippen LogP contribution in [0.15, 0.2) is 18.3 Å². The van der Waals surface area contributed by atoms with Crippen LogP contribution in [0.2, 0.25) is 0 Å². The largest absolute Gasteiger partial charge is 0.471 e. The van der Waals surface area contributed by atoms with Crippen molar-refractivity contribution in [1.29, 1.82) is 0 Å². The molecule has 3 rings (SSSR count). The number of hydrogen-bond acceptors (Lipinski definition) is 5. The van der Waals surface area contributed by atoms with Gasteiger partial charge in [0.15, 0.2) is 0 Å². The lowest BCUT2D eigenvalue weighted by Crippen LogP contribution is -2.44. The maximum atomic E-state index is 12.8. The van der Waals surface area contributed by atoms with E-state index in [0.717, 1.165) is 30.8 Å². The second-order valence-electron chi connectivity index (χ2n) is 5.86. The van der Waals surface area contributed by atoms with Gasteiger partial charge in [-0.1, -0.05) is 0 Å². The average Bonchev–Trinajstić information content (AvgIpc) is 2.80. The van der Waals surface area contributed by atoms with E-state index < -0.39 is 0 Å². The third kappa shape index (κ3) is 3.18. The van der Waals surface area contributed by atoms with E-state index in [9.17, 15) is 4.79 Å². The van der Waals surface area contributed by atoms with E-state index in [4.69, 9.17) is 4.74 Å². The third-order valence-electron chi connectivity index (χ3n) is 4.22. The van der Waals surface area contributed by atoms with Crippen molar-refractivity contribution in [2.24, 2.45) is 7.05 Å². The Hall–Kier alpha value is -2.44. The second-order valence-corrected chi connectivity index (χ2v) is 5.86. The van der Waals surface area contributed by atoms with Crippen molar-refractivity contribution in [3.05, 3.63) is 35.3 Å². The van der Waals surface area contributed by atoms with Crippen molar-refractivity contribution in [1.82, 2.24) is 24.9 Å². The molecule has 23 heavy (non-hydrogen) atoms. The van der Waals surface area contributed by atoms with E-state index in [2.05, 4.69) is 15.3 Å². The van der Waals surface area contributed by atoms with Crippen molar-refractivity contribution in [2.45, 2.75) is 32.8 Å². The van der Waals surface area contributed by atoms with Gasteiger partial charge in [-0.05, 0) is 32.8 Å². The van der Waals surface area contributed by atoms with Crippen LogP contribution < -0.4 is 4.74 Å². The number of hydrogen-bond donors (Lipinski definition) is 0. The lowest BCUT2D eigenvalue weighted by molar-refractivity contribution is 0.0524. The fourth-order valence-corrected chi connectivity index (χ4v) is 2.98. The zero-order valence-corrected chi connectivity index (χ0v) is 13.7. The van der Waals surface area contributed by atoms with Gasteiger partial charge in [-0.15, -0.1) is 5.10 Å². The fourth-order valence-electron chi connectivity index (χ4n) is 2.98. The Morgan fingerprint density at radius 2 is 2.22 bits per heavy atom. The van der Waals surface area contributed by atoms with Gasteiger partial charge < -0.3 is 9.64 Å². The molecular formula is C16H21N5O2. The number of rotatable bonds is 3. The summed E-state index contributed by atoms with van der Waals surface area (Å²) >= 11 is 0. The molecule has 7 heteroatoms. The second kappa shape index (κ2) is 6.36. The van der Waals surface area contributed by atoms with E-state index >= 15 is 0 Å². The minimum absolute atomic E-state index is 0.0283. The summed E-state index contributed by atoms with van der Waals surface area (Å²) in [7, 11) is 1.86. The highest BCUT2D eigenvalue weighted by molar-refractivity contribution is 5.96. The maximum Gasteiger partial charge on any atom is 0.257 e. The molecule has 0 bridgehead atoms. The summed E-state index contributed by atoms with van der Waals surface area (Å²) in [6.45, 7) is 5.10. The molecule has 2 aromatic heterocycles. The first-order valence-corrected chi connectivity index (χ1v) is 7.80. The third-order valence-corrected chi connectivity index (χ3v) is 4.22. The van der Waals surface area contributed by atoms with Gasteiger partial charge in [-0.2, -0.15) is 10.2 Å². The SMILES string of the molecule is Cc1nn(C)c(C)c1C(=O)N1CCCC(Oc2cccnn2)C1. The quantitative estimate of drug-likeness (QED) is 0.858. The van der Waals surface area contributed by atoms with Gasteiger partial charge in [0.1, 0.15) is 6.10 Å². The molecule has 0 aromatic carbocycles. The highest BCUT2D eigenvalue weighted by Gasteiger charge is 2.29. The van der Waals surface area contributed by atoms with Gasteiger partial charge >= 0.3 is 0 Å². The molecule has 0 saturated carbocycles. The summed E-state index contributed by atoms with van der Waals surface area (Å²) in [4.78, 5) is 14.7. The Morgan fingerprint density at radius 3 is 2.87 bits per heavy atom. The van der Waals surface area contributed by atoms with Crippen LogP contribution in [0.4, 0.5) is 0 Å². The predicted octanol–water partition coefficient (Wildman–Crippen LogP) is 1.51. The van der Waals surface area contributed by atoms with Crippen LogP contribution in [-0.2, 0) is 7.05 Å². The number of ether oxygens (including phenoxy) is 1. The monoisotopic (exact) mass is 315 g/mol. The van der Waals surface area contributed by atoms with E-state index in [1.54, 1.807) is 23.0 Å². The van der Waals surface area contributed by atoms with Gasteiger partial charge in [0.2, 0.25) is 5.88 Å². The average molecular weight is 315 g/mol. The smallest absolute Gasteiger partial charge is 0.257 e. The molecule has 1 atom stereocenters. The van der Waals surface area contributed by atoms with E-state index in [1.807, 2.05) is 25.8 Å². The predicted molar refractivity (Wildman–Crippen MR) is 84.3 cm³/mol. The van der Waals surface area contributed by atoms with Crippen LogP contribution in [-0.4, -0.2) is 50.0 Å². The number of carbonyl (C=O) groups excluding carboxylic acids is 1. The molecule has 0 radical (unpaired) electrons. The molecule has 1 unspecified atom stereocenters. The standard InChI is InChI=1S/C16H21N5O2/c1-11-15(12(2)20(3)19-11)16(22)21-9-5-6-13(10-21)23-14-7-4-8-17-18-14/h4,7-8,13H,5-6,9-10H2,1-3H3. The van der Waals surface area contributed by atoms with E-state index in [-0.39, 0.29) is 12.0 Å². The molecule has 1 saturated heterocycles. The van der Waals surface area contributed by atoms with Crippen LogP contribution in [0.1, 0.15) is 34.6 Å². The molecule has 1 aliphatic rings. The summed E-state index contributed by atoms with van der Waals surface area (Å²) in [6.07, 6.45) is 3.37. The van der Waals surface area contributed by atoms with Gasteiger partial charge in [0.05, 0.1) is 17.8 Å². The van der Waals surface area contributed by atoms with Crippen molar-refractivity contribution < 1.29 is 9.53 Å². The molecule has 0 spiro atoms. The Balaban J connectivity index is 1.72. The molecule has 7 nitrogen and oxygen atoms in total. The van der Waals surface area contributed by atoms with Crippen molar-refractivity contribution in [3.8, 4) is 5.88 Å². The lowest BCUT2D eigenvalue weighted by Gasteiger charge is -2.32. The normalized spacial score (nSPS) is 18.0. The van der Waals surface area contributed by atoms with Gasteiger partial charge in [0.25, 0.3) is 5.91 Å². The first-order valence-electron chi connectivity index (χ1n) is 7.80. The van der Waals surface area contributed by atoms with Crippen molar-refractivity contribution in [2.75, 3.05) is 13.1 Å². The van der Waals surface area contributed by atoms with Gasteiger partial charge in [-0.3, -0.25) is 9.48 Å². The van der Waals surface area contributed by atoms with Crippen LogP contribution in [0, 0.1) is 13.8 Å². The Labute approximate surface area is 135 Å². The maximum absolute atomic E-state index is 12.8. The summed E-state index contributed by atoms with van der Waals surface area (Å²) in [5, 5.41) is 12.1. The molecule has 1 aliphatic heterocycles.